The van der Waals surface area contributed by atoms with Gasteiger partial charge in [0.15, 0.2) is 0 Å². The molecule has 27 heavy (non-hydrogen) atoms. The maximum absolute atomic E-state index is 12.8. The van der Waals surface area contributed by atoms with Gasteiger partial charge in [0.25, 0.3) is 5.91 Å². The largest absolute Gasteiger partial charge is 0.496 e. The van der Waals surface area contributed by atoms with Crippen molar-refractivity contribution in [3.05, 3.63) is 59.7 Å². The molecule has 2 aromatic rings. The summed E-state index contributed by atoms with van der Waals surface area (Å²) in [6, 6.07) is 13.7. The van der Waals surface area contributed by atoms with Crippen LogP contribution in [-0.4, -0.2) is 38.8 Å². The summed E-state index contributed by atoms with van der Waals surface area (Å²) in [6.45, 7) is 1.37. The number of ether oxygens (including phenoxy) is 1. The van der Waals surface area contributed by atoms with E-state index in [1.54, 1.807) is 52.8 Å². The van der Waals surface area contributed by atoms with Gasteiger partial charge in [-0.1, -0.05) is 30.7 Å². The van der Waals surface area contributed by atoms with Crippen LogP contribution in [0.5, 0.6) is 5.75 Å². The van der Waals surface area contributed by atoms with Crippen molar-refractivity contribution < 1.29 is 17.9 Å². The van der Waals surface area contributed by atoms with Crippen LogP contribution in [0.2, 0.25) is 0 Å². The Kier molecular flexibility index (Phi) is 6.13. The van der Waals surface area contributed by atoms with Crippen molar-refractivity contribution in [3.8, 4) is 5.75 Å². The van der Waals surface area contributed by atoms with Gasteiger partial charge in [0.05, 0.1) is 17.6 Å². The van der Waals surface area contributed by atoms with E-state index in [-0.39, 0.29) is 17.3 Å². The lowest BCUT2D eigenvalue weighted by atomic mass is 10.1. The lowest BCUT2D eigenvalue weighted by molar-refractivity contribution is 0.0948. The number of hydrogen-bond acceptors (Lipinski definition) is 4. The van der Waals surface area contributed by atoms with E-state index in [2.05, 4.69) is 5.32 Å². The minimum absolute atomic E-state index is 0.236. The lowest BCUT2D eigenvalue weighted by Gasteiger charge is -2.26. The van der Waals surface area contributed by atoms with Crippen molar-refractivity contribution in [2.24, 2.45) is 0 Å². The van der Waals surface area contributed by atoms with Crippen LogP contribution in [-0.2, 0) is 16.6 Å². The number of nitrogens with zero attached hydrogens (tertiary/aromatic N) is 1. The Bertz CT molecular complexity index is 906. The first-order valence-electron chi connectivity index (χ1n) is 9.02. The Morgan fingerprint density at radius 2 is 1.81 bits per heavy atom. The van der Waals surface area contributed by atoms with Crippen molar-refractivity contribution >= 4 is 15.9 Å². The molecule has 6 nitrogen and oxygen atoms in total. The molecule has 1 aliphatic rings. The molecule has 0 unspecified atom stereocenters. The second kappa shape index (κ2) is 8.54. The van der Waals surface area contributed by atoms with Gasteiger partial charge in [-0.3, -0.25) is 4.79 Å². The van der Waals surface area contributed by atoms with Crippen molar-refractivity contribution in [3.63, 3.8) is 0 Å². The molecule has 0 aromatic heterocycles. The molecule has 1 heterocycles. The number of hydrogen-bond donors (Lipinski definition) is 1. The second-order valence-corrected chi connectivity index (χ2v) is 8.43. The molecule has 0 atom stereocenters. The molecular weight excluding hydrogens is 364 g/mol. The summed E-state index contributed by atoms with van der Waals surface area (Å²) in [5.74, 6) is 0.230. The average Bonchev–Trinajstić information content (AvgIpc) is 2.72. The standard InChI is InChI=1S/C20H24N2O4S/c1-26-19-11-4-3-10-18(19)20(23)21-15-16-8-7-9-17(14-16)27(24,25)22-12-5-2-6-13-22/h3-4,7-11,14H,2,5-6,12-13,15H2,1H3,(H,21,23). The number of sulfonamides is 1. The number of methoxy groups -OCH3 is 1. The van der Waals surface area contributed by atoms with Crippen molar-refractivity contribution in [1.29, 1.82) is 0 Å². The summed E-state index contributed by atoms with van der Waals surface area (Å²) in [5.41, 5.74) is 1.17. The molecule has 0 radical (unpaired) electrons. The number of piperidine rings is 1. The fourth-order valence-electron chi connectivity index (χ4n) is 3.18. The second-order valence-electron chi connectivity index (χ2n) is 6.50. The fraction of sp³-hybridized carbons (Fsp3) is 0.350. The van der Waals surface area contributed by atoms with Crippen molar-refractivity contribution in [1.82, 2.24) is 9.62 Å². The third-order valence-corrected chi connectivity index (χ3v) is 6.55. The summed E-state index contributed by atoms with van der Waals surface area (Å²) in [4.78, 5) is 12.7. The molecule has 1 N–H and O–H groups in total. The number of carbonyl (C=O) groups excluding carboxylic acids is 1. The van der Waals surface area contributed by atoms with Crippen LogP contribution >= 0.6 is 0 Å². The zero-order chi connectivity index (χ0) is 19.3. The van der Waals surface area contributed by atoms with Gasteiger partial charge in [0.1, 0.15) is 5.75 Å². The van der Waals surface area contributed by atoms with E-state index in [4.69, 9.17) is 4.74 Å². The van der Waals surface area contributed by atoms with E-state index in [9.17, 15) is 13.2 Å². The smallest absolute Gasteiger partial charge is 0.255 e. The van der Waals surface area contributed by atoms with E-state index in [0.29, 0.717) is 24.4 Å². The normalized spacial score (nSPS) is 15.3. The first kappa shape index (κ1) is 19.4. The molecule has 0 saturated carbocycles. The number of para-hydroxylation sites is 1. The van der Waals surface area contributed by atoms with E-state index < -0.39 is 10.0 Å². The van der Waals surface area contributed by atoms with E-state index in [1.165, 1.54) is 7.11 Å². The Morgan fingerprint density at radius 1 is 1.07 bits per heavy atom. The van der Waals surface area contributed by atoms with Gasteiger partial charge in [-0.2, -0.15) is 4.31 Å². The van der Waals surface area contributed by atoms with E-state index in [0.717, 1.165) is 24.8 Å². The zero-order valence-electron chi connectivity index (χ0n) is 15.3. The van der Waals surface area contributed by atoms with Gasteiger partial charge in [-0.15, -0.1) is 0 Å². The molecule has 144 valence electrons. The number of rotatable bonds is 6. The predicted molar refractivity (Wildman–Crippen MR) is 103 cm³/mol. The van der Waals surface area contributed by atoms with Gasteiger partial charge >= 0.3 is 0 Å². The first-order valence-corrected chi connectivity index (χ1v) is 10.5. The third kappa shape index (κ3) is 4.48. The monoisotopic (exact) mass is 388 g/mol. The van der Waals surface area contributed by atoms with Crippen LogP contribution in [0.25, 0.3) is 0 Å². The SMILES string of the molecule is COc1ccccc1C(=O)NCc1cccc(S(=O)(=O)N2CCCCC2)c1. The molecule has 3 rings (SSSR count). The molecule has 0 bridgehead atoms. The Morgan fingerprint density at radius 3 is 2.56 bits per heavy atom. The fourth-order valence-corrected chi connectivity index (χ4v) is 4.77. The lowest BCUT2D eigenvalue weighted by Crippen LogP contribution is -2.35. The van der Waals surface area contributed by atoms with Crippen LogP contribution in [0.15, 0.2) is 53.4 Å². The minimum atomic E-state index is -3.49. The highest BCUT2D eigenvalue weighted by molar-refractivity contribution is 7.89. The Hall–Kier alpha value is -2.38. The molecule has 0 spiro atoms. The highest BCUT2D eigenvalue weighted by atomic mass is 32.2. The highest BCUT2D eigenvalue weighted by Gasteiger charge is 2.26. The zero-order valence-corrected chi connectivity index (χ0v) is 16.2. The number of benzene rings is 2. The predicted octanol–water partition coefficient (Wildman–Crippen LogP) is 2.80. The third-order valence-electron chi connectivity index (χ3n) is 4.66. The first-order chi connectivity index (χ1) is 13.0. The van der Waals surface area contributed by atoms with Crippen molar-refractivity contribution in [2.75, 3.05) is 20.2 Å². The van der Waals surface area contributed by atoms with Crippen LogP contribution in [0.1, 0.15) is 35.2 Å². The summed E-state index contributed by atoms with van der Waals surface area (Å²) in [7, 11) is -1.97. The Labute approximate surface area is 160 Å². The van der Waals surface area contributed by atoms with E-state index in [1.807, 2.05) is 0 Å². The van der Waals surface area contributed by atoms with Crippen LogP contribution < -0.4 is 10.1 Å². The molecule has 2 aromatic carbocycles. The molecule has 1 saturated heterocycles. The Balaban J connectivity index is 1.71. The average molecular weight is 388 g/mol. The minimum Gasteiger partial charge on any atom is -0.496 e. The summed E-state index contributed by atoms with van der Waals surface area (Å²) < 4.78 is 32.4. The van der Waals surface area contributed by atoms with Gasteiger partial charge in [-0.05, 0) is 42.7 Å². The maximum Gasteiger partial charge on any atom is 0.255 e. The maximum atomic E-state index is 12.8. The molecule has 0 aliphatic carbocycles. The van der Waals surface area contributed by atoms with Gasteiger partial charge in [0, 0.05) is 19.6 Å². The number of nitrogens with one attached hydrogen (secondary N) is 1. The number of amides is 1. The van der Waals surface area contributed by atoms with E-state index >= 15 is 0 Å². The molecule has 7 heteroatoms. The highest BCUT2D eigenvalue weighted by Crippen LogP contribution is 2.22. The summed E-state index contributed by atoms with van der Waals surface area (Å²) in [6.07, 6.45) is 2.86. The molecule has 1 fully saturated rings. The van der Waals surface area contributed by atoms with Gasteiger partial charge in [0.2, 0.25) is 10.0 Å². The van der Waals surface area contributed by atoms with Crippen molar-refractivity contribution in [2.45, 2.75) is 30.7 Å². The van der Waals surface area contributed by atoms with Crippen LogP contribution in [0, 0.1) is 0 Å². The topological polar surface area (TPSA) is 75.7 Å². The van der Waals surface area contributed by atoms with Crippen LogP contribution in [0.3, 0.4) is 0 Å². The van der Waals surface area contributed by atoms with Crippen LogP contribution in [0.4, 0.5) is 0 Å². The summed E-state index contributed by atoms with van der Waals surface area (Å²) in [5, 5.41) is 2.82. The molecular formula is C20H24N2O4S. The number of carbonyl (C=O) groups is 1. The molecule has 1 amide bonds. The van der Waals surface area contributed by atoms with Gasteiger partial charge < -0.3 is 10.1 Å². The van der Waals surface area contributed by atoms with Gasteiger partial charge in [-0.25, -0.2) is 8.42 Å². The summed E-state index contributed by atoms with van der Waals surface area (Å²) >= 11 is 0. The quantitative estimate of drug-likeness (QED) is 0.826. The molecule has 1 aliphatic heterocycles.